The predicted octanol–water partition coefficient (Wildman–Crippen LogP) is 1.63. The summed E-state index contributed by atoms with van der Waals surface area (Å²) in [6.07, 6.45) is 0.909. The van der Waals surface area contributed by atoms with Crippen LogP contribution in [0.25, 0.3) is 0 Å². The van der Waals surface area contributed by atoms with E-state index in [0.717, 1.165) is 24.5 Å². The molecule has 2 N–H and O–H groups in total. The smallest absolute Gasteiger partial charge is 0.231 e. The molecule has 0 saturated heterocycles. The first kappa shape index (κ1) is 13.2. The van der Waals surface area contributed by atoms with Crippen LogP contribution in [0.2, 0.25) is 0 Å². The van der Waals surface area contributed by atoms with Crippen molar-refractivity contribution in [3.8, 4) is 11.5 Å². The van der Waals surface area contributed by atoms with Gasteiger partial charge in [-0.25, -0.2) is 0 Å². The molecule has 0 aliphatic carbocycles. The molecule has 4 nitrogen and oxygen atoms in total. The molecule has 2 rings (SSSR count). The molecule has 4 heteroatoms. The minimum absolute atomic E-state index is 0.132. The molecule has 0 bridgehead atoms. The minimum Gasteiger partial charge on any atom is -0.454 e. The van der Waals surface area contributed by atoms with Gasteiger partial charge in [-0.15, -0.1) is 0 Å². The summed E-state index contributed by atoms with van der Waals surface area (Å²) >= 11 is 0. The molecule has 0 unspecified atom stereocenters. The average Bonchev–Trinajstić information content (AvgIpc) is 2.76. The molecule has 100 valence electrons. The molecular weight excluding hydrogens is 230 g/mol. The molecular formula is C14H21NO3. The zero-order valence-electron chi connectivity index (χ0n) is 11.2. The van der Waals surface area contributed by atoms with Gasteiger partial charge >= 0.3 is 0 Å². The van der Waals surface area contributed by atoms with Gasteiger partial charge in [0.2, 0.25) is 6.79 Å². The summed E-state index contributed by atoms with van der Waals surface area (Å²) in [5, 5.41) is 12.5. The number of fused-ring (bicyclic) bond motifs is 1. The molecule has 1 aliphatic rings. The maximum atomic E-state index is 9.17. The van der Waals surface area contributed by atoms with Crippen molar-refractivity contribution in [3.05, 3.63) is 23.3 Å². The van der Waals surface area contributed by atoms with E-state index in [9.17, 15) is 5.11 Å². The Labute approximate surface area is 108 Å². The van der Waals surface area contributed by atoms with Gasteiger partial charge in [-0.05, 0) is 57.0 Å². The van der Waals surface area contributed by atoms with E-state index in [-0.39, 0.29) is 12.1 Å². The van der Waals surface area contributed by atoms with Crippen molar-refractivity contribution in [1.29, 1.82) is 0 Å². The second kappa shape index (κ2) is 5.16. The predicted molar refractivity (Wildman–Crippen MR) is 70.2 cm³/mol. The third-order valence-corrected chi connectivity index (χ3v) is 3.22. The lowest BCUT2D eigenvalue weighted by Gasteiger charge is -2.23. The van der Waals surface area contributed by atoms with Gasteiger partial charge in [-0.2, -0.15) is 0 Å². The first-order valence-corrected chi connectivity index (χ1v) is 6.27. The maximum Gasteiger partial charge on any atom is 0.231 e. The summed E-state index contributed by atoms with van der Waals surface area (Å²) < 4.78 is 10.7. The number of rotatable bonds is 5. The number of ether oxygens (including phenoxy) is 2. The number of aryl methyl sites for hydroxylation is 1. The van der Waals surface area contributed by atoms with E-state index >= 15 is 0 Å². The Balaban J connectivity index is 1.98. The van der Waals surface area contributed by atoms with Crippen LogP contribution in [-0.2, 0) is 6.42 Å². The number of aliphatic hydroxyl groups excluding tert-OH is 1. The second-order valence-electron chi connectivity index (χ2n) is 5.35. The molecule has 0 spiro atoms. The van der Waals surface area contributed by atoms with Gasteiger partial charge in [0.05, 0.1) is 6.61 Å². The first-order chi connectivity index (χ1) is 8.52. The molecule has 0 fully saturated rings. The van der Waals surface area contributed by atoms with E-state index in [1.807, 2.05) is 26.0 Å². The SMILES string of the molecule is Cc1cc2c(cc1CCNC(C)(C)CO)OCO2. The molecule has 0 saturated carbocycles. The Morgan fingerprint density at radius 1 is 1.28 bits per heavy atom. The Morgan fingerprint density at radius 3 is 2.61 bits per heavy atom. The van der Waals surface area contributed by atoms with Crippen LogP contribution in [-0.4, -0.2) is 30.6 Å². The van der Waals surface area contributed by atoms with Crippen LogP contribution in [0.4, 0.5) is 0 Å². The highest BCUT2D eigenvalue weighted by Crippen LogP contribution is 2.34. The van der Waals surface area contributed by atoms with E-state index in [1.165, 1.54) is 11.1 Å². The van der Waals surface area contributed by atoms with Gasteiger partial charge < -0.3 is 19.9 Å². The normalized spacial score (nSPS) is 14.0. The molecule has 1 aromatic carbocycles. The quantitative estimate of drug-likeness (QED) is 0.835. The number of benzene rings is 1. The molecule has 1 heterocycles. The van der Waals surface area contributed by atoms with Crippen molar-refractivity contribution in [2.75, 3.05) is 19.9 Å². The maximum absolute atomic E-state index is 9.17. The van der Waals surface area contributed by atoms with Crippen molar-refractivity contribution in [2.45, 2.75) is 32.7 Å². The van der Waals surface area contributed by atoms with Gasteiger partial charge in [0.25, 0.3) is 0 Å². The van der Waals surface area contributed by atoms with Crippen LogP contribution in [0.3, 0.4) is 0 Å². The third-order valence-electron chi connectivity index (χ3n) is 3.22. The van der Waals surface area contributed by atoms with Gasteiger partial charge in [-0.3, -0.25) is 0 Å². The van der Waals surface area contributed by atoms with Crippen LogP contribution in [0, 0.1) is 6.92 Å². The van der Waals surface area contributed by atoms with E-state index in [4.69, 9.17) is 9.47 Å². The lowest BCUT2D eigenvalue weighted by atomic mass is 10.0. The summed E-state index contributed by atoms with van der Waals surface area (Å²) in [4.78, 5) is 0. The highest BCUT2D eigenvalue weighted by atomic mass is 16.7. The highest BCUT2D eigenvalue weighted by Gasteiger charge is 2.17. The van der Waals surface area contributed by atoms with Crippen molar-refractivity contribution in [1.82, 2.24) is 5.32 Å². The number of hydrogen-bond donors (Lipinski definition) is 2. The zero-order valence-corrected chi connectivity index (χ0v) is 11.2. The number of hydrogen-bond acceptors (Lipinski definition) is 4. The van der Waals surface area contributed by atoms with E-state index in [2.05, 4.69) is 12.2 Å². The monoisotopic (exact) mass is 251 g/mol. The number of aliphatic hydroxyl groups is 1. The summed E-state index contributed by atoms with van der Waals surface area (Å²) in [6, 6.07) is 4.07. The molecule has 0 aromatic heterocycles. The van der Waals surface area contributed by atoms with Crippen LogP contribution >= 0.6 is 0 Å². The largest absolute Gasteiger partial charge is 0.454 e. The molecule has 0 amide bonds. The second-order valence-corrected chi connectivity index (χ2v) is 5.35. The number of nitrogens with one attached hydrogen (secondary N) is 1. The van der Waals surface area contributed by atoms with Gasteiger partial charge in [-0.1, -0.05) is 0 Å². The molecule has 0 radical (unpaired) electrons. The van der Waals surface area contributed by atoms with Crippen molar-refractivity contribution in [3.63, 3.8) is 0 Å². The van der Waals surface area contributed by atoms with E-state index < -0.39 is 0 Å². The Morgan fingerprint density at radius 2 is 1.94 bits per heavy atom. The standard InChI is InChI=1S/C14H21NO3/c1-10-6-12-13(18-9-17-12)7-11(10)4-5-15-14(2,3)8-16/h6-7,15-16H,4-5,8-9H2,1-3H3. The van der Waals surface area contributed by atoms with Gasteiger partial charge in [0, 0.05) is 5.54 Å². The lowest BCUT2D eigenvalue weighted by Crippen LogP contribution is -2.43. The Bertz CT molecular complexity index is 429. The lowest BCUT2D eigenvalue weighted by molar-refractivity contribution is 0.174. The highest BCUT2D eigenvalue weighted by molar-refractivity contribution is 5.48. The van der Waals surface area contributed by atoms with Crippen molar-refractivity contribution in [2.24, 2.45) is 0 Å². The van der Waals surface area contributed by atoms with Gasteiger partial charge in [0.1, 0.15) is 0 Å². The molecule has 0 atom stereocenters. The van der Waals surface area contributed by atoms with Crippen molar-refractivity contribution >= 4 is 0 Å². The van der Waals surface area contributed by atoms with Crippen LogP contribution in [0.1, 0.15) is 25.0 Å². The zero-order chi connectivity index (χ0) is 13.2. The molecule has 1 aliphatic heterocycles. The topological polar surface area (TPSA) is 50.7 Å². The van der Waals surface area contributed by atoms with Crippen LogP contribution in [0.5, 0.6) is 11.5 Å². The van der Waals surface area contributed by atoms with Gasteiger partial charge in [0.15, 0.2) is 11.5 Å². The fraction of sp³-hybridized carbons (Fsp3) is 0.571. The Hall–Kier alpha value is -1.26. The van der Waals surface area contributed by atoms with Crippen LogP contribution < -0.4 is 14.8 Å². The minimum atomic E-state index is -0.232. The first-order valence-electron chi connectivity index (χ1n) is 6.27. The summed E-state index contributed by atoms with van der Waals surface area (Å²) in [5.74, 6) is 1.66. The van der Waals surface area contributed by atoms with Crippen molar-refractivity contribution < 1.29 is 14.6 Å². The fourth-order valence-electron chi connectivity index (χ4n) is 1.95. The summed E-state index contributed by atoms with van der Waals surface area (Å²) in [7, 11) is 0. The summed E-state index contributed by atoms with van der Waals surface area (Å²) in [6.45, 7) is 7.32. The van der Waals surface area contributed by atoms with Crippen LogP contribution in [0.15, 0.2) is 12.1 Å². The summed E-state index contributed by atoms with van der Waals surface area (Å²) in [5.41, 5.74) is 2.23. The van der Waals surface area contributed by atoms with E-state index in [1.54, 1.807) is 0 Å². The fourth-order valence-corrected chi connectivity index (χ4v) is 1.95. The molecule has 1 aromatic rings. The average molecular weight is 251 g/mol. The Kier molecular flexibility index (Phi) is 3.78. The third kappa shape index (κ3) is 2.94. The van der Waals surface area contributed by atoms with E-state index in [0.29, 0.717) is 6.79 Å². The molecule has 18 heavy (non-hydrogen) atoms.